The molecule has 0 aromatic heterocycles. The van der Waals surface area contributed by atoms with E-state index >= 15 is 0 Å². The molecule has 116 valence electrons. The highest BCUT2D eigenvalue weighted by Crippen LogP contribution is 2.15. The van der Waals surface area contributed by atoms with Crippen molar-refractivity contribution in [1.82, 2.24) is 9.21 Å². The predicted molar refractivity (Wildman–Crippen MR) is 81.9 cm³/mol. The highest BCUT2D eigenvalue weighted by Gasteiger charge is 2.26. The summed E-state index contributed by atoms with van der Waals surface area (Å²) >= 11 is 0. The summed E-state index contributed by atoms with van der Waals surface area (Å²) < 4.78 is 26.4. The number of nitrogens with zero attached hydrogens (tertiary/aromatic N) is 2. The number of carbonyl (C=O) groups is 1. The second kappa shape index (κ2) is 6.44. The molecule has 0 aliphatic carbocycles. The van der Waals surface area contributed by atoms with Crippen LogP contribution >= 0.6 is 0 Å². The molecule has 0 atom stereocenters. The summed E-state index contributed by atoms with van der Waals surface area (Å²) in [7, 11) is -3.39. The van der Waals surface area contributed by atoms with Crippen LogP contribution in [-0.2, 0) is 20.6 Å². The first-order valence-corrected chi connectivity index (χ1v) is 8.57. The number of benzene rings is 1. The van der Waals surface area contributed by atoms with Crippen LogP contribution in [0.5, 0.6) is 0 Å². The van der Waals surface area contributed by atoms with Crippen molar-refractivity contribution in [3.8, 4) is 0 Å². The maximum atomic E-state index is 12.5. The maximum absolute atomic E-state index is 12.5. The zero-order valence-corrected chi connectivity index (χ0v) is 13.0. The molecule has 1 fully saturated rings. The molecule has 0 unspecified atom stereocenters. The second-order valence-corrected chi connectivity index (χ2v) is 7.23. The first-order chi connectivity index (χ1) is 9.88. The highest BCUT2D eigenvalue weighted by molar-refractivity contribution is 7.88. The molecule has 0 spiro atoms. The molecule has 0 saturated carbocycles. The van der Waals surface area contributed by atoms with Crippen LogP contribution in [0.25, 0.3) is 0 Å². The van der Waals surface area contributed by atoms with E-state index in [1.165, 1.54) is 11.2 Å². The van der Waals surface area contributed by atoms with Gasteiger partial charge in [0.05, 0.1) is 5.75 Å². The minimum atomic E-state index is -3.39. The number of carbonyl (C=O) groups excluding carboxylic acids is 1. The van der Waals surface area contributed by atoms with Crippen molar-refractivity contribution < 1.29 is 13.2 Å². The number of anilines is 1. The lowest BCUT2D eigenvalue weighted by Crippen LogP contribution is -2.37. The van der Waals surface area contributed by atoms with Crippen molar-refractivity contribution in [2.24, 2.45) is 0 Å². The topological polar surface area (TPSA) is 83.7 Å². The summed E-state index contributed by atoms with van der Waals surface area (Å²) in [5, 5.41) is 0. The number of sulfonamides is 1. The molecule has 6 nitrogen and oxygen atoms in total. The third-order valence-electron chi connectivity index (χ3n) is 3.59. The third kappa shape index (κ3) is 4.18. The van der Waals surface area contributed by atoms with E-state index in [1.807, 2.05) is 0 Å². The Hall–Kier alpha value is -1.60. The largest absolute Gasteiger partial charge is 0.399 e. The van der Waals surface area contributed by atoms with E-state index in [-0.39, 0.29) is 11.7 Å². The van der Waals surface area contributed by atoms with Gasteiger partial charge < -0.3 is 10.6 Å². The summed E-state index contributed by atoms with van der Waals surface area (Å²) in [5.41, 5.74) is 6.92. The van der Waals surface area contributed by atoms with Gasteiger partial charge in [0.15, 0.2) is 0 Å². The van der Waals surface area contributed by atoms with Gasteiger partial charge in [0.25, 0.3) is 0 Å². The quantitative estimate of drug-likeness (QED) is 0.831. The van der Waals surface area contributed by atoms with Gasteiger partial charge >= 0.3 is 0 Å². The molecule has 1 amide bonds. The molecule has 2 N–H and O–H groups in total. The number of amides is 1. The van der Waals surface area contributed by atoms with Gasteiger partial charge in [0.2, 0.25) is 15.9 Å². The molecular weight excluding hydrogens is 290 g/mol. The molecule has 1 aromatic carbocycles. The Kier molecular flexibility index (Phi) is 4.84. The fourth-order valence-electron chi connectivity index (χ4n) is 2.47. The van der Waals surface area contributed by atoms with Gasteiger partial charge in [-0.05, 0) is 24.1 Å². The van der Waals surface area contributed by atoms with Crippen LogP contribution in [0.2, 0.25) is 0 Å². The van der Waals surface area contributed by atoms with E-state index < -0.39 is 10.0 Å². The Morgan fingerprint density at radius 3 is 2.67 bits per heavy atom. The minimum Gasteiger partial charge on any atom is -0.399 e. The normalized spacial score (nSPS) is 17.5. The van der Waals surface area contributed by atoms with Gasteiger partial charge in [0, 0.05) is 38.8 Å². The van der Waals surface area contributed by atoms with Crippen LogP contribution in [0.4, 0.5) is 5.69 Å². The number of nitrogen functional groups attached to an aromatic ring is 1. The van der Waals surface area contributed by atoms with E-state index in [1.54, 1.807) is 29.2 Å². The van der Waals surface area contributed by atoms with Crippen molar-refractivity contribution in [1.29, 1.82) is 0 Å². The molecule has 1 aliphatic heterocycles. The molecule has 0 bridgehead atoms. The molecular formula is C14H21N3O3S. The van der Waals surface area contributed by atoms with E-state index in [4.69, 9.17) is 5.73 Å². The van der Waals surface area contributed by atoms with Crippen LogP contribution in [0.1, 0.15) is 18.9 Å². The monoisotopic (exact) mass is 311 g/mol. The lowest BCUT2D eigenvalue weighted by molar-refractivity contribution is -0.128. The Morgan fingerprint density at radius 2 is 2.00 bits per heavy atom. The Labute approximate surface area is 125 Å². The van der Waals surface area contributed by atoms with E-state index in [9.17, 15) is 13.2 Å². The lowest BCUT2D eigenvalue weighted by Gasteiger charge is -2.21. The number of rotatable bonds is 3. The molecule has 1 heterocycles. The van der Waals surface area contributed by atoms with Crippen molar-refractivity contribution in [3.05, 3.63) is 29.8 Å². The fraction of sp³-hybridized carbons (Fsp3) is 0.500. The van der Waals surface area contributed by atoms with Crippen LogP contribution in [-0.4, -0.2) is 49.7 Å². The maximum Gasteiger partial charge on any atom is 0.219 e. The van der Waals surface area contributed by atoms with Crippen molar-refractivity contribution in [2.45, 2.75) is 19.1 Å². The van der Waals surface area contributed by atoms with Gasteiger partial charge in [-0.3, -0.25) is 4.79 Å². The number of nitrogens with two attached hydrogens (primary N) is 1. The van der Waals surface area contributed by atoms with Gasteiger partial charge in [-0.1, -0.05) is 12.1 Å². The molecule has 21 heavy (non-hydrogen) atoms. The first-order valence-electron chi connectivity index (χ1n) is 6.96. The highest BCUT2D eigenvalue weighted by atomic mass is 32.2. The van der Waals surface area contributed by atoms with E-state index in [2.05, 4.69) is 0 Å². The van der Waals surface area contributed by atoms with Crippen molar-refractivity contribution >= 4 is 21.6 Å². The molecule has 2 rings (SSSR count). The summed E-state index contributed by atoms with van der Waals surface area (Å²) in [5.74, 6) is -0.0666. The van der Waals surface area contributed by atoms with Gasteiger partial charge in [-0.2, -0.15) is 4.31 Å². The van der Waals surface area contributed by atoms with Crippen LogP contribution in [0, 0.1) is 0 Å². The number of hydrogen-bond acceptors (Lipinski definition) is 4. The second-order valence-electron chi connectivity index (χ2n) is 5.26. The Morgan fingerprint density at radius 1 is 1.24 bits per heavy atom. The standard InChI is InChI=1S/C14H21N3O3S/c1-12(18)16-6-3-7-17(9-8-16)21(19,20)11-13-4-2-5-14(15)10-13/h2,4-5,10H,3,6-9,11,15H2,1H3. The van der Waals surface area contributed by atoms with Crippen LogP contribution in [0.3, 0.4) is 0 Å². The van der Waals surface area contributed by atoms with E-state index in [0.717, 1.165) is 0 Å². The summed E-state index contributed by atoms with van der Waals surface area (Å²) in [6, 6.07) is 6.91. The molecule has 1 aliphatic rings. The SMILES string of the molecule is CC(=O)N1CCCN(S(=O)(=O)Cc2cccc(N)c2)CC1. The molecule has 1 saturated heterocycles. The summed E-state index contributed by atoms with van der Waals surface area (Å²) in [6.07, 6.45) is 0.662. The molecule has 0 radical (unpaired) electrons. The smallest absolute Gasteiger partial charge is 0.219 e. The van der Waals surface area contributed by atoms with Crippen LogP contribution < -0.4 is 5.73 Å². The zero-order valence-electron chi connectivity index (χ0n) is 12.2. The molecule has 1 aromatic rings. The summed E-state index contributed by atoms with van der Waals surface area (Å²) in [6.45, 7) is 3.38. The van der Waals surface area contributed by atoms with Gasteiger partial charge in [0.1, 0.15) is 0 Å². The van der Waals surface area contributed by atoms with E-state index in [0.29, 0.717) is 43.9 Å². The fourth-order valence-corrected chi connectivity index (χ4v) is 4.02. The molecule has 7 heteroatoms. The minimum absolute atomic E-state index is 0.00918. The Balaban J connectivity index is 2.07. The lowest BCUT2D eigenvalue weighted by atomic mass is 10.2. The van der Waals surface area contributed by atoms with Gasteiger partial charge in [-0.15, -0.1) is 0 Å². The Bertz CT molecular complexity index is 616. The van der Waals surface area contributed by atoms with Crippen molar-refractivity contribution in [3.63, 3.8) is 0 Å². The number of hydrogen-bond donors (Lipinski definition) is 1. The summed E-state index contributed by atoms with van der Waals surface area (Å²) in [4.78, 5) is 13.1. The first kappa shape index (κ1) is 15.8. The average Bonchev–Trinajstić information content (AvgIpc) is 2.64. The average molecular weight is 311 g/mol. The van der Waals surface area contributed by atoms with Gasteiger partial charge in [-0.25, -0.2) is 8.42 Å². The predicted octanol–water partition coefficient (Wildman–Crippen LogP) is 0.653. The zero-order chi connectivity index (χ0) is 15.5. The van der Waals surface area contributed by atoms with Crippen LogP contribution in [0.15, 0.2) is 24.3 Å². The van der Waals surface area contributed by atoms with Crippen molar-refractivity contribution in [2.75, 3.05) is 31.9 Å². The third-order valence-corrected chi connectivity index (χ3v) is 5.44.